The van der Waals surface area contributed by atoms with Crippen molar-refractivity contribution in [2.75, 3.05) is 26.2 Å². The van der Waals surface area contributed by atoms with Gasteiger partial charge in [0, 0.05) is 44.6 Å². The topological polar surface area (TPSA) is 76.3 Å². The molecule has 32 heavy (non-hydrogen) atoms. The van der Waals surface area contributed by atoms with Crippen molar-refractivity contribution in [3.8, 4) is 11.4 Å². The van der Waals surface area contributed by atoms with Crippen LogP contribution in [0.2, 0.25) is 0 Å². The van der Waals surface area contributed by atoms with E-state index in [1.165, 1.54) is 16.6 Å². The number of hydrogen-bond donors (Lipinski definition) is 0. The van der Waals surface area contributed by atoms with E-state index < -0.39 is 10.0 Å². The molecule has 0 atom stereocenters. The molecule has 8 nitrogen and oxygen atoms in total. The number of piperazine rings is 1. The van der Waals surface area contributed by atoms with Crippen molar-refractivity contribution in [2.24, 2.45) is 0 Å². The molecule has 2 aromatic heterocycles. The number of pyridine rings is 1. The molecule has 0 bridgehead atoms. The molecular formula is C21H23FN6O2S2. The van der Waals surface area contributed by atoms with E-state index in [0.717, 1.165) is 12.8 Å². The van der Waals surface area contributed by atoms with Crippen LogP contribution in [0, 0.1) is 10.6 Å². The number of halogens is 1. The molecule has 0 amide bonds. The maximum Gasteiger partial charge on any atom is 0.244 e. The molecule has 1 aliphatic carbocycles. The van der Waals surface area contributed by atoms with Gasteiger partial charge in [-0.3, -0.25) is 14.5 Å². The van der Waals surface area contributed by atoms with Gasteiger partial charge in [-0.1, -0.05) is 12.1 Å². The molecule has 0 N–H and O–H groups in total. The van der Waals surface area contributed by atoms with Crippen LogP contribution >= 0.6 is 12.2 Å². The number of nitrogens with zero attached hydrogens (tertiary/aromatic N) is 6. The molecule has 1 aliphatic heterocycles. The van der Waals surface area contributed by atoms with Crippen LogP contribution in [0.5, 0.6) is 0 Å². The van der Waals surface area contributed by atoms with Crippen LogP contribution in [0.15, 0.2) is 53.7 Å². The second kappa shape index (κ2) is 8.47. The lowest BCUT2D eigenvalue weighted by molar-refractivity contribution is 0.144. The summed E-state index contributed by atoms with van der Waals surface area (Å²) in [7, 11) is -3.56. The third-order valence-corrected chi connectivity index (χ3v) is 8.12. The highest BCUT2D eigenvalue weighted by Gasteiger charge is 2.32. The van der Waals surface area contributed by atoms with E-state index in [9.17, 15) is 12.8 Å². The Morgan fingerprint density at radius 2 is 1.81 bits per heavy atom. The van der Waals surface area contributed by atoms with E-state index in [-0.39, 0.29) is 16.8 Å². The molecule has 0 unspecified atom stereocenters. The maximum absolute atomic E-state index is 14.5. The normalized spacial score (nSPS) is 18.2. The van der Waals surface area contributed by atoms with E-state index >= 15 is 0 Å². The minimum atomic E-state index is -3.56. The van der Waals surface area contributed by atoms with E-state index in [1.54, 1.807) is 41.2 Å². The average molecular weight is 475 g/mol. The molecule has 2 aliphatic rings. The second-order valence-corrected chi connectivity index (χ2v) is 10.3. The van der Waals surface area contributed by atoms with Crippen molar-refractivity contribution in [1.29, 1.82) is 0 Å². The summed E-state index contributed by atoms with van der Waals surface area (Å²) in [5.41, 5.74) is 0.441. The monoisotopic (exact) mass is 474 g/mol. The molecule has 0 radical (unpaired) electrons. The summed E-state index contributed by atoms with van der Waals surface area (Å²) in [5.74, 6) is 0.226. The third kappa shape index (κ3) is 4.01. The van der Waals surface area contributed by atoms with Gasteiger partial charge in [-0.05, 0) is 49.3 Å². The van der Waals surface area contributed by atoms with Gasteiger partial charge in [0.05, 0.1) is 12.2 Å². The van der Waals surface area contributed by atoms with E-state index in [0.29, 0.717) is 49.0 Å². The molecule has 1 saturated carbocycles. The van der Waals surface area contributed by atoms with Gasteiger partial charge in [0.2, 0.25) is 10.0 Å². The first-order valence-electron chi connectivity index (χ1n) is 10.5. The summed E-state index contributed by atoms with van der Waals surface area (Å²) in [5, 5.41) is 4.67. The lowest BCUT2D eigenvalue weighted by atomic mass is 10.2. The third-order valence-electron chi connectivity index (χ3n) is 5.83. The molecule has 1 saturated heterocycles. The predicted molar refractivity (Wildman–Crippen MR) is 119 cm³/mol. The second-order valence-electron chi connectivity index (χ2n) is 8.04. The van der Waals surface area contributed by atoms with Gasteiger partial charge in [0.1, 0.15) is 10.7 Å². The number of hydrogen-bond acceptors (Lipinski definition) is 6. The molecule has 5 rings (SSSR count). The molecule has 2 fully saturated rings. The summed E-state index contributed by atoms with van der Waals surface area (Å²) >= 11 is 5.69. The van der Waals surface area contributed by atoms with Gasteiger partial charge in [0.25, 0.3) is 0 Å². The smallest absolute Gasteiger partial charge is 0.244 e. The molecule has 3 aromatic rings. The fourth-order valence-electron chi connectivity index (χ4n) is 3.95. The number of sulfonamides is 1. The molecule has 168 valence electrons. The fraction of sp³-hybridized carbons (Fsp3) is 0.381. The van der Waals surface area contributed by atoms with Gasteiger partial charge in [-0.25, -0.2) is 17.5 Å². The highest BCUT2D eigenvalue weighted by molar-refractivity contribution is 7.89. The van der Waals surface area contributed by atoms with Crippen LogP contribution in [-0.4, -0.2) is 63.1 Å². The van der Waals surface area contributed by atoms with Crippen LogP contribution in [0.4, 0.5) is 4.39 Å². The Kier molecular flexibility index (Phi) is 5.66. The summed E-state index contributed by atoms with van der Waals surface area (Å²) < 4.78 is 45.8. The molecule has 1 aromatic carbocycles. The lowest BCUT2D eigenvalue weighted by Gasteiger charge is -2.33. The van der Waals surface area contributed by atoms with Crippen molar-refractivity contribution >= 4 is 22.2 Å². The number of benzene rings is 1. The molecular weight excluding hydrogens is 451 g/mol. The van der Waals surface area contributed by atoms with Crippen LogP contribution in [0.1, 0.15) is 18.9 Å². The summed E-state index contributed by atoms with van der Waals surface area (Å²) in [4.78, 5) is 6.23. The SMILES string of the molecule is O=S(=O)(c1cccnc1)N1CCN(Cn2nc(-c3ccccc3F)n(C3CC3)c2=S)CC1. The first-order valence-corrected chi connectivity index (χ1v) is 12.4. The number of rotatable bonds is 6. The fourth-order valence-corrected chi connectivity index (χ4v) is 5.67. The first kappa shape index (κ1) is 21.4. The Bertz CT molecular complexity index is 1280. The highest BCUT2D eigenvalue weighted by Crippen LogP contribution is 2.39. The van der Waals surface area contributed by atoms with E-state index in [4.69, 9.17) is 12.2 Å². The van der Waals surface area contributed by atoms with Crippen LogP contribution in [0.25, 0.3) is 11.4 Å². The Balaban J connectivity index is 1.33. The van der Waals surface area contributed by atoms with Gasteiger partial charge in [0.15, 0.2) is 10.6 Å². The zero-order chi connectivity index (χ0) is 22.3. The van der Waals surface area contributed by atoms with Crippen molar-refractivity contribution < 1.29 is 12.8 Å². The Labute approximate surface area is 191 Å². The van der Waals surface area contributed by atoms with Crippen molar-refractivity contribution in [3.63, 3.8) is 0 Å². The van der Waals surface area contributed by atoms with E-state index in [1.807, 2.05) is 4.57 Å². The van der Waals surface area contributed by atoms with Crippen LogP contribution in [-0.2, 0) is 16.7 Å². The largest absolute Gasteiger partial charge is 0.297 e. The van der Waals surface area contributed by atoms with Crippen LogP contribution in [0.3, 0.4) is 0 Å². The molecule has 11 heteroatoms. The zero-order valence-electron chi connectivity index (χ0n) is 17.3. The minimum absolute atomic E-state index is 0.202. The maximum atomic E-state index is 14.5. The molecule has 0 spiro atoms. The van der Waals surface area contributed by atoms with Crippen molar-refractivity contribution in [1.82, 2.24) is 28.5 Å². The van der Waals surface area contributed by atoms with Crippen molar-refractivity contribution in [2.45, 2.75) is 30.4 Å². The number of aromatic nitrogens is 4. The summed E-state index contributed by atoms with van der Waals surface area (Å²) in [6, 6.07) is 10.0. The zero-order valence-corrected chi connectivity index (χ0v) is 19.0. The predicted octanol–water partition coefficient (Wildman–Crippen LogP) is 2.91. The Morgan fingerprint density at radius 3 is 2.47 bits per heavy atom. The van der Waals surface area contributed by atoms with Crippen LogP contribution < -0.4 is 0 Å². The summed E-state index contributed by atoms with van der Waals surface area (Å²) in [6.07, 6.45) is 4.94. The molecule has 3 heterocycles. The standard InChI is InChI=1S/C21H23FN6O2S2/c22-19-6-2-1-5-18(19)20-24-27(21(31)28(20)16-7-8-16)15-25-10-12-26(13-11-25)32(29,30)17-4-3-9-23-14-17/h1-6,9,14,16H,7-8,10-13,15H2. The van der Waals surface area contributed by atoms with Gasteiger partial charge in [-0.2, -0.15) is 9.40 Å². The highest BCUT2D eigenvalue weighted by atomic mass is 32.2. The Hall–Kier alpha value is -2.47. The quantitative estimate of drug-likeness (QED) is 0.512. The average Bonchev–Trinajstić information content (AvgIpc) is 3.59. The van der Waals surface area contributed by atoms with E-state index in [2.05, 4.69) is 15.0 Å². The van der Waals surface area contributed by atoms with Crippen molar-refractivity contribution in [3.05, 3.63) is 59.4 Å². The first-order chi connectivity index (χ1) is 15.4. The Morgan fingerprint density at radius 1 is 1.06 bits per heavy atom. The summed E-state index contributed by atoms with van der Waals surface area (Å²) in [6.45, 7) is 2.27. The minimum Gasteiger partial charge on any atom is -0.297 e. The van der Waals surface area contributed by atoms with Gasteiger partial charge < -0.3 is 0 Å². The lowest BCUT2D eigenvalue weighted by Crippen LogP contribution is -2.48. The van der Waals surface area contributed by atoms with Gasteiger partial charge >= 0.3 is 0 Å². The van der Waals surface area contributed by atoms with Gasteiger partial charge in [-0.15, -0.1) is 0 Å².